The third-order valence-electron chi connectivity index (χ3n) is 21.9. The number of fused-ring (bicyclic) bond motifs is 32. The van der Waals surface area contributed by atoms with Gasteiger partial charge in [0, 0.05) is 132 Å². The van der Waals surface area contributed by atoms with E-state index < -0.39 is 0 Å². The monoisotopic (exact) mass is 1170 g/mol. The van der Waals surface area contributed by atoms with Crippen LogP contribution in [0.4, 0.5) is 0 Å². The quantitative estimate of drug-likeness (QED) is 0.148. The van der Waals surface area contributed by atoms with E-state index in [9.17, 15) is 0 Å². The normalized spacial score (nSPS) is 23.7. The van der Waals surface area contributed by atoms with Crippen molar-refractivity contribution in [1.29, 1.82) is 0 Å². The number of aromatic amines is 2. The van der Waals surface area contributed by atoms with Crippen molar-refractivity contribution in [2.24, 2.45) is 23.7 Å². The number of benzene rings is 4. The Morgan fingerprint density at radius 1 is 0.261 bits per heavy atom. The number of rotatable bonds is 0. The molecule has 8 unspecified atom stereocenters. The van der Waals surface area contributed by atoms with Crippen LogP contribution in [0.15, 0.2) is 194 Å². The minimum atomic E-state index is 0.459. The summed E-state index contributed by atoms with van der Waals surface area (Å²) in [5.41, 5.74) is 30.3. The fourth-order valence-corrected chi connectivity index (χ4v) is 20.5. The number of hydrogen-bond acceptors (Lipinski definition) is 6. The predicted molar refractivity (Wildman–Crippen MR) is 365 cm³/mol. The molecule has 16 aliphatic rings. The van der Waals surface area contributed by atoms with Gasteiger partial charge in [0.25, 0.3) is 0 Å². The van der Waals surface area contributed by atoms with Gasteiger partial charge in [-0.3, -0.25) is 0 Å². The lowest BCUT2D eigenvalue weighted by Gasteiger charge is -2.33. The average molecular weight is 1170 g/mol. The fraction of sp³-hybridized carbons (Fsp3) is 0.200. The van der Waals surface area contributed by atoms with Gasteiger partial charge in [0.2, 0.25) is 0 Å². The van der Waals surface area contributed by atoms with Gasteiger partial charge in [-0.05, 0) is 144 Å². The van der Waals surface area contributed by atoms with Crippen molar-refractivity contribution in [1.82, 2.24) is 29.9 Å². The second kappa shape index (κ2) is 18.3. The van der Waals surface area contributed by atoms with E-state index in [1.54, 1.807) is 33.6 Å². The summed E-state index contributed by atoms with van der Waals surface area (Å²) in [6.45, 7) is 0. The molecule has 0 amide bonds. The lowest BCUT2D eigenvalue weighted by molar-refractivity contribution is 0.557. The Morgan fingerprint density at radius 2 is 0.557 bits per heavy atom. The summed E-state index contributed by atoms with van der Waals surface area (Å²) in [7, 11) is 0. The Hall–Kier alpha value is -9.08. The van der Waals surface area contributed by atoms with E-state index in [2.05, 4.69) is 204 Å². The first-order valence-electron chi connectivity index (χ1n) is 32.1. The molecule has 0 saturated carbocycles. The van der Waals surface area contributed by atoms with Crippen molar-refractivity contribution in [3.05, 3.63) is 239 Å². The molecule has 4 aromatic carbocycles. The van der Waals surface area contributed by atoms with Crippen LogP contribution in [-0.2, 0) is 0 Å². The van der Waals surface area contributed by atoms with Gasteiger partial charge >= 0.3 is 0 Å². The molecule has 0 saturated heterocycles. The third kappa shape index (κ3) is 7.04. The largest absolute Gasteiger partial charge is 0.355 e. The summed E-state index contributed by atoms with van der Waals surface area (Å²) < 4.78 is 5.32. The van der Waals surface area contributed by atoms with Gasteiger partial charge in [-0.15, -0.1) is 22.7 Å². The van der Waals surface area contributed by atoms with E-state index in [1.165, 1.54) is 148 Å². The Bertz CT molecular complexity index is 4950. The SMILES string of the molecule is C1=CC2CCC1C1=C2c2cc3[nH]c(cc4sc(cc5nc(cc1n2)C1=C5C2C=CC1CC2)c1c4C2C=CC1CC2)c1c3C2C=CC1CC2.c1ccc2c(c1)-c1cc3[nH]c(cc4nc(cc5sc(cc-2n1)c1ccccc51)-c1ccccc1-4)c1ccccc31. The Balaban J connectivity index is 0.000000123. The van der Waals surface area contributed by atoms with Crippen LogP contribution >= 0.6 is 22.7 Å². The first kappa shape index (κ1) is 49.0. The summed E-state index contributed by atoms with van der Waals surface area (Å²) >= 11 is 3.83. The molecule has 0 spiro atoms. The zero-order valence-electron chi connectivity index (χ0n) is 48.4. The number of nitrogens with zero attached hydrogens (tertiary/aromatic N) is 4. The minimum absolute atomic E-state index is 0.459. The smallest absolute Gasteiger partial charge is 0.0737 e. The van der Waals surface area contributed by atoms with Crippen molar-refractivity contribution in [2.45, 2.75) is 75.0 Å². The average Bonchev–Trinajstić information content (AvgIpc) is 2.68. The fourth-order valence-electron chi connectivity index (χ4n) is 18.0. The first-order valence-corrected chi connectivity index (χ1v) is 33.7. The molecule has 420 valence electrons. The Kier molecular flexibility index (Phi) is 10.2. The number of allylic oxidation sites excluding steroid dienone is 12. The number of hydrogen-bond donors (Lipinski definition) is 2. The van der Waals surface area contributed by atoms with Gasteiger partial charge in [0.15, 0.2) is 0 Å². The molecule has 0 fully saturated rings. The molecule has 88 heavy (non-hydrogen) atoms. The summed E-state index contributed by atoms with van der Waals surface area (Å²) in [6.07, 6.45) is 29.9. The van der Waals surface area contributed by atoms with Crippen LogP contribution in [0.1, 0.15) is 120 Å². The zero-order chi connectivity index (χ0) is 57.0. The zero-order valence-corrected chi connectivity index (χ0v) is 50.0. The molecule has 4 aliphatic heterocycles. The van der Waals surface area contributed by atoms with Crippen LogP contribution in [0.25, 0.3) is 130 Å². The van der Waals surface area contributed by atoms with E-state index in [1.807, 2.05) is 11.3 Å². The van der Waals surface area contributed by atoms with Crippen molar-refractivity contribution in [3.8, 4) is 45.0 Å². The molecule has 10 heterocycles. The van der Waals surface area contributed by atoms with E-state index in [0.29, 0.717) is 47.3 Å². The van der Waals surface area contributed by atoms with Gasteiger partial charge in [0.1, 0.15) is 0 Å². The molecule has 12 aliphatic carbocycles. The maximum Gasteiger partial charge on any atom is 0.0737 e. The van der Waals surface area contributed by atoms with E-state index in [-0.39, 0.29) is 0 Å². The van der Waals surface area contributed by atoms with Crippen LogP contribution in [-0.4, -0.2) is 29.9 Å². The molecule has 2 N–H and O–H groups in total. The van der Waals surface area contributed by atoms with Gasteiger partial charge < -0.3 is 9.97 Å². The van der Waals surface area contributed by atoms with Crippen LogP contribution in [0.5, 0.6) is 0 Å². The summed E-state index contributed by atoms with van der Waals surface area (Å²) in [6, 6.07) is 53.1. The second-order valence-electron chi connectivity index (χ2n) is 26.4. The van der Waals surface area contributed by atoms with E-state index in [4.69, 9.17) is 19.9 Å². The lowest BCUT2D eigenvalue weighted by Crippen LogP contribution is -2.19. The number of nitrogens with one attached hydrogen (secondary N) is 2. The number of H-pyrrole nitrogens is 2. The number of thiophene rings is 2. The highest BCUT2D eigenvalue weighted by Gasteiger charge is 2.42. The molecule has 26 rings (SSSR count). The maximum atomic E-state index is 5.60. The summed E-state index contributed by atoms with van der Waals surface area (Å²) in [5, 5.41) is 4.82. The van der Waals surface area contributed by atoms with Crippen LogP contribution in [0, 0.1) is 23.7 Å². The highest BCUT2D eigenvalue weighted by Crippen LogP contribution is 2.58. The van der Waals surface area contributed by atoms with Crippen LogP contribution in [0.3, 0.4) is 0 Å². The van der Waals surface area contributed by atoms with E-state index in [0.717, 1.165) is 56.1 Å². The topological polar surface area (TPSA) is 83.1 Å². The van der Waals surface area contributed by atoms with Crippen molar-refractivity contribution >= 4 is 107 Å². The Morgan fingerprint density at radius 3 is 1.00 bits per heavy atom. The molecular weight excluding hydrogens is 1110 g/mol. The van der Waals surface area contributed by atoms with Gasteiger partial charge in [-0.2, -0.15) is 0 Å². The van der Waals surface area contributed by atoms with E-state index >= 15 is 0 Å². The van der Waals surface area contributed by atoms with Crippen LogP contribution < -0.4 is 0 Å². The molecular formula is C80H58N6S2. The summed E-state index contributed by atoms with van der Waals surface area (Å²) in [4.78, 5) is 29.4. The minimum Gasteiger partial charge on any atom is -0.355 e. The highest BCUT2D eigenvalue weighted by atomic mass is 32.1. The summed E-state index contributed by atoms with van der Waals surface area (Å²) in [5.74, 6) is 3.90. The maximum absolute atomic E-state index is 5.60. The van der Waals surface area contributed by atoms with Crippen molar-refractivity contribution in [3.63, 3.8) is 0 Å². The molecule has 24 bridgehead atoms. The molecule has 6 nitrogen and oxygen atoms in total. The van der Waals surface area contributed by atoms with Crippen molar-refractivity contribution in [2.75, 3.05) is 0 Å². The molecule has 6 aromatic heterocycles. The van der Waals surface area contributed by atoms with Gasteiger partial charge in [-0.1, -0.05) is 146 Å². The highest BCUT2D eigenvalue weighted by molar-refractivity contribution is 7.26. The first-order chi connectivity index (χ1) is 43.5. The lowest BCUT2D eigenvalue weighted by atomic mass is 9.69. The molecule has 0 radical (unpaired) electrons. The standard InChI is InChI=1S/C44H37N3S.C36H21N3S/c1-2-22-4-3-21(1)37-29-17-31-39-23-5-9-25(10-6-23)41(39)33(46-31)19-35-43-27-13-15-28(16-14-27)44(43)36(48-35)20-34-42-26-11-7-24(8-12-26)40(42)32(47-34)18-30(45-29)38(22)37;1-2-10-22-21(9-1)29-17-31-23-11-3-5-13-25(23)33(38-31)19-35-27-15-7-8-16-28(27)36(40-35)20-34-26-14-6-4-12-24(26)32(39-34)18-30(22)37-29/h1-2,5,7,9,11,13,15,17-28,46H,3-4,6,8,10,12,14,16H2;1-20,37H. The molecule has 8 atom stereocenters. The molecule has 10 aromatic rings. The third-order valence-corrected chi connectivity index (χ3v) is 24.1. The second-order valence-corrected chi connectivity index (χ2v) is 28.6. The van der Waals surface area contributed by atoms with Crippen LogP contribution in [0.2, 0.25) is 0 Å². The Labute approximate surface area is 516 Å². The predicted octanol–water partition coefficient (Wildman–Crippen LogP) is 21.1. The number of aromatic nitrogens is 6. The van der Waals surface area contributed by atoms with Gasteiger partial charge in [0.05, 0.1) is 45.6 Å². The molecule has 8 heteroatoms. The van der Waals surface area contributed by atoms with Crippen molar-refractivity contribution < 1.29 is 0 Å². The van der Waals surface area contributed by atoms with Gasteiger partial charge in [-0.25, -0.2) is 19.9 Å².